The number of nitrogens with zero attached hydrogens (tertiary/aromatic N) is 1. The number of nitrogen functional groups attached to an aromatic ring is 1. The molecular formula is C19H26ClN5O. The summed E-state index contributed by atoms with van der Waals surface area (Å²) >= 11 is 6.06. The molecule has 7 heteroatoms. The Morgan fingerprint density at radius 1 is 1.35 bits per heavy atom. The van der Waals surface area contributed by atoms with Crippen molar-refractivity contribution in [2.24, 2.45) is 0 Å². The summed E-state index contributed by atoms with van der Waals surface area (Å²) in [6, 6.07) is 6.89. The van der Waals surface area contributed by atoms with Gasteiger partial charge in [0.2, 0.25) is 0 Å². The van der Waals surface area contributed by atoms with Crippen molar-refractivity contribution in [3.63, 3.8) is 0 Å². The fourth-order valence-corrected chi connectivity index (χ4v) is 3.85. The molecule has 0 atom stereocenters. The second-order valence-corrected chi connectivity index (χ2v) is 8.44. The Morgan fingerprint density at radius 3 is 2.50 bits per heavy atom. The van der Waals surface area contributed by atoms with Crippen molar-refractivity contribution in [1.82, 2.24) is 10.6 Å². The molecule has 0 saturated carbocycles. The molecule has 1 aromatic carbocycles. The first-order chi connectivity index (χ1) is 12.0. The third kappa shape index (κ3) is 5.38. The lowest BCUT2D eigenvalue weighted by Crippen LogP contribution is -2.61. The minimum Gasteiger partial charge on any atom is -0.399 e. The first-order valence-electron chi connectivity index (χ1n) is 8.53. The average molecular weight is 376 g/mol. The number of carbonyl (C=O) groups is 1. The van der Waals surface area contributed by atoms with E-state index in [2.05, 4.69) is 43.6 Å². The number of hydrogen-bond donors (Lipinski definition) is 4. The highest BCUT2D eigenvalue weighted by Crippen LogP contribution is 2.28. The van der Waals surface area contributed by atoms with E-state index in [9.17, 15) is 10.1 Å². The molecule has 5 N–H and O–H groups in total. The summed E-state index contributed by atoms with van der Waals surface area (Å²) in [6.07, 6.45) is 3.26. The number of carbonyl (C=O) groups excluding carboxylic acids is 1. The Bertz CT molecular complexity index is 748. The van der Waals surface area contributed by atoms with E-state index in [4.69, 9.17) is 17.3 Å². The van der Waals surface area contributed by atoms with E-state index in [1.165, 1.54) is 6.20 Å². The molecule has 0 aromatic heterocycles. The molecule has 1 aromatic rings. The molecule has 1 amide bonds. The van der Waals surface area contributed by atoms with Crippen molar-refractivity contribution in [1.29, 1.82) is 5.26 Å². The standard InChI is InChI=1S/C19H26ClN5O/c1-18(2)8-14(9-19(3,4)25-18)23-11-12(10-21)17(26)24-16-6-5-13(22)7-15(16)20/h5-7,11,14,23,25H,8-9,22H2,1-4H3,(H,24,26)/b12-11-. The van der Waals surface area contributed by atoms with E-state index in [0.29, 0.717) is 16.4 Å². The lowest BCUT2D eigenvalue weighted by atomic mass is 9.80. The first kappa shape index (κ1) is 20.1. The van der Waals surface area contributed by atoms with Gasteiger partial charge in [0, 0.05) is 29.0 Å². The number of anilines is 2. The van der Waals surface area contributed by atoms with E-state index in [-0.39, 0.29) is 22.7 Å². The van der Waals surface area contributed by atoms with Crippen LogP contribution in [0.3, 0.4) is 0 Å². The van der Waals surface area contributed by atoms with Crippen molar-refractivity contribution in [2.75, 3.05) is 11.1 Å². The SMILES string of the molecule is CC1(C)CC(N/C=C(/C#N)C(=O)Nc2ccc(N)cc2Cl)CC(C)(C)N1. The van der Waals surface area contributed by atoms with Gasteiger partial charge in [-0.25, -0.2) is 0 Å². The molecule has 2 rings (SSSR count). The summed E-state index contributed by atoms with van der Waals surface area (Å²) in [5.41, 5.74) is 6.49. The van der Waals surface area contributed by atoms with Crippen LogP contribution in [0.25, 0.3) is 0 Å². The number of nitrogens with two attached hydrogens (primary N) is 1. The van der Waals surface area contributed by atoms with Crippen molar-refractivity contribution < 1.29 is 4.79 Å². The van der Waals surface area contributed by atoms with Gasteiger partial charge in [-0.3, -0.25) is 4.79 Å². The van der Waals surface area contributed by atoms with Crippen molar-refractivity contribution in [3.8, 4) is 6.07 Å². The van der Waals surface area contributed by atoms with Crippen LogP contribution in [0, 0.1) is 11.3 Å². The molecular weight excluding hydrogens is 350 g/mol. The maximum absolute atomic E-state index is 12.4. The van der Waals surface area contributed by atoms with Gasteiger partial charge in [0.05, 0.1) is 10.7 Å². The number of rotatable bonds is 4. The Hall–Kier alpha value is -2.23. The lowest BCUT2D eigenvalue weighted by Gasteiger charge is -2.46. The second kappa shape index (κ2) is 7.56. The minimum absolute atomic E-state index is 0.00737. The van der Waals surface area contributed by atoms with Crippen LogP contribution in [0.1, 0.15) is 40.5 Å². The highest BCUT2D eigenvalue weighted by molar-refractivity contribution is 6.34. The van der Waals surface area contributed by atoms with Crippen molar-refractivity contribution >= 4 is 28.9 Å². The monoisotopic (exact) mass is 375 g/mol. The molecule has 0 spiro atoms. The minimum atomic E-state index is -0.515. The van der Waals surface area contributed by atoms with Crippen LogP contribution >= 0.6 is 11.6 Å². The topological polar surface area (TPSA) is 103 Å². The van der Waals surface area contributed by atoms with Crippen LogP contribution in [-0.4, -0.2) is 23.0 Å². The zero-order valence-electron chi connectivity index (χ0n) is 15.6. The highest BCUT2D eigenvalue weighted by Gasteiger charge is 2.37. The van der Waals surface area contributed by atoms with E-state index < -0.39 is 5.91 Å². The highest BCUT2D eigenvalue weighted by atomic mass is 35.5. The summed E-state index contributed by atoms with van der Waals surface area (Å²) in [4.78, 5) is 12.4. The van der Waals surface area contributed by atoms with Gasteiger partial charge in [-0.15, -0.1) is 0 Å². The predicted octanol–water partition coefficient (Wildman–Crippen LogP) is 3.17. The average Bonchev–Trinajstić information content (AvgIpc) is 2.47. The number of nitriles is 1. The Morgan fingerprint density at radius 2 is 1.96 bits per heavy atom. The van der Waals surface area contributed by atoms with Crippen molar-refractivity contribution in [2.45, 2.75) is 57.7 Å². The van der Waals surface area contributed by atoms with E-state index in [1.807, 2.05) is 6.07 Å². The van der Waals surface area contributed by atoms with Gasteiger partial charge in [0.15, 0.2) is 0 Å². The summed E-state index contributed by atoms with van der Waals surface area (Å²) in [7, 11) is 0. The fourth-order valence-electron chi connectivity index (χ4n) is 3.61. The quantitative estimate of drug-likeness (QED) is 0.367. The van der Waals surface area contributed by atoms with Crippen molar-refractivity contribution in [3.05, 3.63) is 35.0 Å². The van der Waals surface area contributed by atoms with E-state index in [0.717, 1.165) is 12.8 Å². The number of nitrogens with one attached hydrogen (secondary N) is 3. The van der Waals surface area contributed by atoms with Gasteiger partial charge in [0.1, 0.15) is 11.6 Å². The van der Waals surface area contributed by atoms with Crippen LogP contribution in [0.15, 0.2) is 30.0 Å². The molecule has 1 fully saturated rings. The smallest absolute Gasteiger partial charge is 0.267 e. The zero-order valence-corrected chi connectivity index (χ0v) is 16.4. The largest absolute Gasteiger partial charge is 0.399 e. The number of hydrogen-bond acceptors (Lipinski definition) is 5. The molecule has 26 heavy (non-hydrogen) atoms. The molecule has 0 unspecified atom stereocenters. The molecule has 0 bridgehead atoms. The molecule has 1 aliphatic rings. The summed E-state index contributed by atoms with van der Waals surface area (Å²) in [6.45, 7) is 8.58. The van der Waals surface area contributed by atoms with Gasteiger partial charge in [-0.1, -0.05) is 11.6 Å². The summed E-state index contributed by atoms with van der Waals surface area (Å²) in [5, 5.41) is 19.1. The molecule has 1 aliphatic heterocycles. The molecule has 1 saturated heterocycles. The maximum Gasteiger partial charge on any atom is 0.267 e. The third-order valence-electron chi connectivity index (χ3n) is 4.26. The molecule has 0 aliphatic carbocycles. The number of amides is 1. The van der Waals surface area contributed by atoms with Gasteiger partial charge in [-0.05, 0) is 58.7 Å². The van der Waals surface area contributed by atoms with Crippen LogP contribution in [-0.2, 0) is 4.79 Å². The summed E-state index contributed by atoms with van der Waals surface area (Å²) < 4.78 is 0. The first-order valence-corrected chi connectivity index (χ1v) is 8.91. The van der Waals surface area contributed by atoms with Gasteiger partial charge >= 0.3 is 0 Å². The van der Waals surface area contributed by atoms with Crippen LogP contribution in [0.5, 0.6) is 0 Å². The molecule has 1 heterocycles. The van der Waals surface area contributed by atoms with Crippen LogP contribution in [0.4, 0.5) is 11.4 Å². The summed E-state index contributed by atoms with van der Waals surface area (Å²) in [5.74, 6) is -0.515. The number of benzene rings is 1. The van der Waals surface area contributed by atoms with Gasteiger partial charge in [-0.2, -0.15) is 5.26 Å². The Kier molecular flexibility index (Phi) is 5.84. The maximum atomic E-state index is 12.4. The third-order valence-corrected chi connectivity index (χ3v) is 4.57. The number of piperidine rings is 1. The molecule has 140 valence electrons. The van der Waals surface area contributed by atoms with Gasteiger partial charge < -0.3 is 21.7 Å². The molecule has 0 radical (unpaired) electrons. The number of halogens is 1. The van der Waals surface area contributed by atoms with E-state index in [1.54, 1.807) is 18.2 Å². The Balaban J connectivity index is 2.07. The normalized spacial score (nSPS) is 19.5. The van der Waals surface area contributed by atoms with Crippen LogP contribution in [0.2, 0.25) is 5.02 Å². The zero-order chi connectivity index (χ0) is 19.5. The van der Waals surface area contributed by atoms with Crippen LogP contribution < -0.4 is 21.7 Å². The lowest BCUT2D eigenvalue weighted by molar-refractivity contribution is -0.112. The Labute approximate surface area is 159 Å². The fraction of sp³-hybridized carbons (Fsp3) is 0.474. The second-order valence-electron chi connectivity index (χ2n) is 8.03. The molecule has 6 nitrogen and oxygen atoms in total. The van der Waals surface area contributed by atoms with E-state index >= 15 is 0 Å². The predicted molar refractivity (Wildman–Crippen MR) is 106 cm³/mol. The van der Waals surface area contributed by atoms with Gasteiger partial charge in [0.25, 0.3) is 5.91 Å².